The first-order valence-electron chi connectivity index (χ1n) is 7.98. The van der Waals surface area contributed by atoms with Crippen LogP contribution in [-0.4, -0.2) is 33.1 Å². The smallest absolute Gasteiger partial charge is 0.137 e. The van der Waals surface area contributed by atoms with Gasteiger partial charge in [-0.15, -0.1) is 0 Å². The highest BCUT2D eigenvalue weighted by Gasteiger charge is 2.28. The van der Waals surface area contributed by atoms with E-state index in [9.17, 15) is 0 Å². The minimum atomic E-state index is -0.137. The van der Waals surface area contributed by atoms with Crippen LogP contribution < -0.4 is 5.32 Å². The topological polar surface area (TPSA) is 51.5 Å². The Morgan fingerprint density at radius 1 is 1.29 bits per heavy atom. The fraction of sp³-hybridized carbons (Fsp3) is 0.333. The molecule has 1 aliphatic rings. The van der Waals surface area contributed by atoms with Crippen molar-refractivity contribution in [3.63, 3.8) is 0 Å². The van der Waals surface area contributed by atoms with Crippen LogP contribution in [0.1, 0.15) is 25.5 Å². The zero-order valence-electron chi connectivity index (χ0n) is 13.7. The molecule has 1 N–H and O–H groups in total. The van der Waals surface area contributed by atoms with Gasteiger partial charge >= 0.3 is 0 Å². The van der Waals surface area contributed by atoms with Crippen molar-refractivity contribution in [3.05, 3.63) is 53.6 Å². The highest BCUT2D eigenvalue weighted by atomic mass is 35.5. The summed E-state index contributed by atoms with van der Waals surface area (Å²) in [6.07, 6.45) is 5.67. The van der Waals surface area contributed by atoms with Crippen LogP contribution in [0.2, 0.25) is 5.15 Å². The summed E-state index contributed by atoms with van der Waals surface area (Å²) >= 11 is 6.27. The number of imidazole rings is 1. The lowest BCUT2D eigenvalue weighted by molar-refractivity contribution is -0.0586. The molecule has 1 aliphatic heterocycles. The van der Waals surface area contributed by atoms with Gasteiger partial charge in [0, 0.05) is 30.7 Å². The van der Waals surface area contributed by atoms with Gasteiger partial charge in [0.2, 0.25) is 0 Å². The van der Waals surface area contributed by atoms with Crippen LogP contribution in [0.25, 0.3) is 16.9 Å². The molecule has 0 bridgehead atoms. The summed E-state index contributed by atoms with van der Waals surface area (Å²) in [5.74, 6) is 0. The summed E-state index contributed by atoms with van der Waals surface area (Å²) in [5, 5.41) is 4.01. The number of morpholine rings is 1. The summed E-state index contributed by atoms with van der Waals surface area (Å²) in [7, 11) is 0. The second kappa shape index (κ2) is 5.84. The standard InChI is InChI=1S/C18H19ClN4O/c1-18(2)11-21-15(10-24-18)13-7-14(22-16(19)8-13)12-3-5-23-6-4-20-17(23)9-12/h3-9,15,21H,10-11H2,1-2H3. The molecule has 0 aromatic carbocycles. The summed E-state index contributed by atoms with van der Waals surface area (Å²) in [4.78, 5) is 8.80. The van der Waals surface area contributed by atoms with E-state index in [4.69, 9.17) is 16.3 Å². The monoisotopic (exact) mass is 342 g/mol. The van der Waals surface area contributed by atoms with Crippen molar-refractivity contribution in [2.24, 2.45) is 0 Å². The fourth-order valence-corrected chi connectivity index (χ4v) is 3.15. The molecule has 4 rings (SSSR count). The first-order chi connectivity index (χ1) is 11.5. The van der Waals surface area contributed by atoms with Gasteiger partial charge in [-0.25, -0.2) is 9.97 Å². The number of rotatable bonds is 2. The minimum Gasteiger partial charge on any atom is -0.372 e. The maximum atomic E-state index is 6.27. The van der Waals surface area contributed by atoms with Crippen LogP contribution >= 0.6 is 11.6 Å². The molecule has 4 heterocycles. The zero-order chi connectivity index (χ0) is 16.7. The van der Waals surface area contributed by atoms with Crippen LogP contribution in [0.15, 0.2) is 42.9 Å². The Bertz CT molecular complexity index is 880. The molecule has 0 saturated carbocycles. The minimum absolute atomic E-state index is 0.118. The lowest BCUT2D eigenvalue weighted by Gasteiger charge is -2.36. The van der Waals surface area contributed by atoms with E-state index in [0.717, 1.165) is 29.0 Å². The number of aromatic nitrogens is 3. The van der Waals surface area contributed by atoms with Gasteiger partial charge in [0.1, 0.15) is 10.8 Å². The largest absolute Gasteiger partial charge is 0.372 e. The molecule has 3 aromatic heterocycles. The zero-order valence-corrected chi connectivity index (χ0v) is 14.4. The third kappa shape index (κ3) is 3.02. The highest BCUT2D eigenvalue weighted by molar-refractivity contribution is 6.29. The number of hydrogen-bond acceptors (Lipinski definition) is 4. The van der Waals surface area contributed by atoms with Crippen molar-refractivity contribution in [1.29, 1.82) is 0 Å². The van der Waals surface area contributed by atoms with Gasteiger partial charge in [-0.3, -0.25) is 0 Å². The maximum absolute atomic E-state index is 6.27. The molecule has 24 heavy (non-hydrogen) atoms. The van der Waals surface area contributed by atoms with E-state index < -0.39 is 0 Å². The predicted molar refractivity (Wildman–Crippen MR) is 94.2 cm³/mol. The molecular weight excluding hydrogens is 324 g/mol. The maximum Gasteiger partial charge on any atom is 0.137 e. The van der Waals surface area contributed by atoms with Crippen molar-refractivity contribution >= 4 is 17.2 Å². The van der Waals surface area contributed by atoms with Crippen LogP contribution in [0, 0.1) is 0 Å². The molecule has 6 heteroatoms. The first kappa shape index (κ1) is 15.6. The Morgan fingerprint density at radius 3 is 2.96 bits per heavy atom. The lowest BCUT2D eigenvalue weighted by Crippen LogP contribution is -2.47. The summed E-state index contributed by atoms with van der Waals surface area (Å²) < 4.78 is 7.89. The molecule has 1 atom stereocenters. The fourth-order valence-electron chi connectivity index (χ4n) is 2.94. The lowest BCUT2D eigenvalue weighted by atomic mass is 10.0. The molecule has 124 valence electrons. The van der Waals surface area contributed by atoms with Crippen molar-refractivity contribution < 1.29 is 4.74 Å². The quantitative estimate of drug-likeness (QED) is 0.724. The van der Waals surface area contributed by atoms with E-state index in [0.29, 0.717) is 11.8 Å². The Kier molecular flexibility index (Phi) is 3.79. The molecule has 0 radical (unpaired) electrons. The number of halogens is 1. The normalized spacial score (nSPS) is 20.4. The van der Waals surface area contributed by atoms with Crippen molar-refractivity contribution in [3.8, 4) is 11.3 Å². The number of nitrogens with one attached hydrogen (secondary N) is 1. The van der Waals surface area contributed by atoms with E-state index >= 15 is 0 Å². The number of ether oxygens (including phenoxy) is 1. The van der Waals surface area contributed by atoms with E-state index in [1.165, 1.54) is 0 Å². The first-order valence-corrected chi connectivity index (χ1v) is 8.36. The van der Waals surface area contributed by atoms with Crippen molar-refractivity contribution in [2.75, 3.05) is 13.2 Å². The molecule has 0 spiro atoms. The Morgan fingerprint density at radius 2 is 2.17 bits per heavy atom. The Hall–Kier alpha value is -1.95. The van der Waals surface area contributed by atoms with Gasteiger partial charge in [-0.2, -0.15) is 0 Å². The molecule has 1 fully saturated rings. The number of hydrogen-bond donors (Lipinski definition) is 1. The SMILES string of the molecule is CC1(C)CNC(c2cc(Cl)nc(-c3ccn4ccnc4c3)c2)CO1. The van der Waals surface area contributed by atoms with Gasteiger partial charge in [-0.1, -0.05) is 11.6 Å². The highest BCUT2D eigenvalue weighted by Crippen LogP contribution is 2.28. The summed E-state index contributed by atoms with van der Waals surface area (Å²) in [6, 6.07) is 8.12. The Balaban J connectivity index is 1.68. The molecule has 0 aliphatic carbocycles. The number of pyridine rings is 2. The van der Waals surface area contributed by atoms with Crippen molar-refractivity contribution in [2.45, 2.75) is 25.5 Å². The van der Waals surface area contributed by atoms with Crippen LogP contribution in [0.5, 0.6) is 0 Å². The average molecular weight is 343 g/mol. The molecule has 5 nitrogen and oxygen atoms in total. The second-order valence-electron chi connectivity index (χ2n) is 6.72. The number of fused-ring (bicyclic) bond motifs is 1. The third-order valence-electron chi connectivity index (χ3n) is 4.33. The Labute approximate surface area is 145 Å². The van der Waals surface area contributed by atoms with Crippen LogP contribution in [0.3, 0.4) is 0 Å². The second-order valence-corrected chi connectivity index (χ2v) is 7.11. The molecule has 0 amide bonds. The van der Waals surface area contributed by atoms with Gasteiger partial charge in [0.05, 0.1) is 23.9 Å². The van der Waals surface area contributed by atoms with Crippen molar-refractivity contribution in [1.82, 2.24) is 19.7 Å². The molecule has 1 saturated heterocycles. The van der Waals surface area contributed by atoms with Gasteiger partial charge in [0.15, 0.2) is 0 Å². The van der Waals surface area contributed by atoms with E-state index in [1.807, 2.05) is 35.0 Å². The third-order valence-corrected chi connectivity index (χ3v) is 4.52. The average Bonchev–Trinajstić information content (AvgIpc) is 3.01. The van der Waals surface area contributed by atoms with E-state index in [2.05, 4.69) is 35.2 Å². The number of nitrogens with zero attached hydrogens (tertiary/aromatic N) is 3. The van der Waals surface area contributed by atoms with Crippen LogP contribution in [0.4, 0.5) is 0 Å². The van der Waals surface area contributed by atoms with Crippen LogP contribution in [-0.2, 0) is 4.74 Å². The van der Waals surface area contributed by atoms with E-state index in [-0.39, 0.29) is 11.6 Å². The molecule has 3 aromatic rings. The predicted octanol–water partition coefficient (Wildman–Crippen LogP) is 3.49. The van der Waals surface area contributed by atoms with Gasteiger partial charge < -0.3 is 14.5 Å². The summed E-state index contributed by atoms with van der Waals surface area (Å²) in [5.41, 5.74) is 3.67. The van der Waals surface area contributed by atoms with E-state index in [1.54, 1.807) is 6.20 Å². The summed E-state index contributed by atoms with van der Waals surface area (Å²) in [6.45, 7) is 5.58. The molecule has 1 unspecified atom stereocenters. The van der Waals surface area contributed by atoms with Gasteiger partial charge in [0.25, 0.3) is 0 Å². The van der Waals surface area contributed by atoms with Gasteiger partial charge in [-0.05, 0) is 43.7 Å². The molecular formula is C18H19ClN4O.